The molecule has 0 bridgehead atoms. The Bertz CT molecular complexity index is 791. The van der Waals surface area contributed by atoms with Crippen LogP contribution < -0.4 is 4.74 Å². The monoisotopic (exact) mass is 400 g/mol. The van der Waals surface area contributed by atoms with Gasteiger partial charge in [0.25, 0.3) is 0 Å². The van der Waals surface area contributed by atoms with Crippen molar-refractivity contribution in [3.05, 3.63) is 52.7 Å². The zero-order valence-electron chi connectivity index (χ0n) is 15.0. The van der Waals surface area contributed by atoms with Gasteiger partial charge in [0.15, 0.2) is 0 Å². The van der Waals surface area contributed by atoms with Crippen LogP contribution in [-0.4, -0.2) is 36.9 Å². The van der Waals surface area contributed by atoms with E-state index < -0.39 is 11.6 Å². The van der Waals surface area contributed by atoms with Crippen molar-refractivity contribution < 1.29 is 22.6 Å². The number of hydrogen-bond acceptors (Lipinski definition) is 4. The molecule has 0 aliphatic heterocycles. The summed E-state index contributed by atoms with van der Waals surface area (Å²) in [6.07, 6.45) is -2.47. The summed E-state index contributed by atoms with van der Waals surface area (Å²) in [7, 11) is 3.81. The minimum absolute atomic E-state index is 0.0892. The zero-order valence-corrected chi connectivity index (χ0v) is 15.8. The smallest absolute Gasteiger partial charge is 0.398 e. The molecule has 2 aromatic rings. The Kier molecular flexibility index (Phi) is 5.65. The molecule has 1 saturated carbocycles. The molecule has 0 unspecified atom stereocenters. The van der Waals surface area contributed by atoms with Crippen LogP contribution in [0.2, 0.25) is 5.02 Å². The van der Waals surface area contributed by atoms with Crippen LogP contribution >= 0.6 is 11.6 Å². The van der Waals surface area contributed by atoms with Gasteiger partial charge in [0.1, 0.15) is 5.75 Å². The van der Waals surface area contributed by atoms with Gasteiger partial charge in [0.05, 0.1) is 23.8 Å². The van der Waals surface area contributed by atoms with E-state index in [1.54, 1.807) is 12.3 Å². The van der Waals surface area contributed by atoms with Gasteiger partial charge in [-0.25, -0.2) is 4.98 Å². The first-order valence-corrected chi connectivity index (χ1v) is 8.81. The van der Waals surface area contributed by atoms with E-state index in [1.807, 2.05) is 25.1 Å². The summed E-state index contributed by atoms with van der Waals surface area (Å²) in [5.41, 5.74) is -0.707. The van der Waals surface area contributed by atoms with Gasteiger partial charge in [-0.1, -0.05) is 17.7 Å². The molecule has 3 rings (SSSR count). The molecular weight excluding hydrogens is 381 g/mol. The Balaban J connectivity index is 1.66. The summed E-state index contributed by atoms with van der Waals surface area (Å²) in [4.78, 5) is 6.09. The number of ether oxygens (including phenoxy) is 2. The Morgan fingerprint density at radius 1 is 1.19 bits per heavy atom. The minimum Gasteiger partial charge on any atom is -0.437 e. The molecular formula is C19H20ClF3N2O2. The molecule has 4 nitrogen and oxygen atoms in total. The molecule has 0 spiro atoms. The Morgan fingerprint density at radius 2 is 1.93 bits per heavy atom. The van der Waals surface area contributed by atoms with E-state index in [-0.39, 0.29) is 29.2 Å². The van der Waals surface area contributed by atoms with E-state index in [1.165, 1.54) is 18.2 Å². The summed E-state index contributed by atoms with van der Waals surface area (Å²) in [5, 5.41) is 0.128. The highest BCUT2D eigenvalue weighted by Crippen LogP contribution is 2.59. The highest BCUT2D eigenvalue weighted by atomic mass is 35.5. The van der Waals surface area contributed by atoms with Gasteiger partial charge < -0.3 is 9.47 Å². The van der Waals surface area contributed by atoms with Crippen LogP contribution in [0.1, 0.15) is 24.0 Å². The lowest BCUT2D eigenvalue weighted by molar-refractivity contribution is -0.160. The van der Waals surface area contributed by atoms with E-state index in [0.717, 1.165) is 5.56 Å². The highest BCUT2D eigenvalue weighted by molar-refractivity contribution is 6.32. The molecule has 0 saturated heterocycles. The first-order valence-electron chi connectivity index (χ1n) is 8.43. The van der Waals surface area contributed by atoms with Crippen LogP contribution in [0.25, 0.3) is 0 Å². The predicted octanol–water partition coefficient (Wildman–Crippen LogP) is 5.16. The number of halogens is 4. The van der Waals surface area contributed by atoms with Gasteiger partial charge in [-0.15, -0.1) is 0 Å². The molecule has 0 radical (unpaired) electrons. The zero-order chi connectivity index (χ0) is 19.7. The van der Waals surface area contributed by atoms with Gasteiger partial charge in [0, 0.05) is 12.3 Å². The Morgan fingerprint density at radius 3 is 2.44 bits per heavy atom. The lowest BCUT2D eigenvalue weighted by Crippen LogP contribution is -2.28. The van der Waals surface area contributed by atoms with Crippen molar-refractivity contribution in [1.29, 1.82) is 0 Å². The maximum Gasteiger partial charge on any atom is 0.398 e. The van der Waals surface area contributed by atoms with Gasteiger partial charge in [0.2, 0.25) is 5.88 Å². The van der Waals surface area contributed by atoms with Crippen molar-refractivity contribution in [2.75, 3.05) is 20.8 Å². The second kappa shape index (κ2) is 7.66. The van der Waals surface area contributed by atoms with Gasteiger partial charge >= 0.3 is 6.18 Å². The number of alkyl halides is 3. The van der Waals surface area contributed by atoms with Crippen molar-refractivity contribution in [3.63, 3.8) is 0 Å². The van der Waals surface area contributed by atoms with Gasteiger partial charge in [-0.05, 0) is 56.3 Å². The largest absolute Gasteiger partial charge is 0.437 e. The fourth-order valence-electron chi connectivity index (χ4n) is 2.76. The normalized spacial score (nSPS) is 15.8. The molecule has 8 heteroatoms. The summed E-state index contributed by atoms with van der Waals surface area (Å²) >= 11 is 6.15. The summed E-state index contributed by atoms with van der Waals surface area (Å²) in [5.74, 6) is 0.570. The van der Waals surface area contributed by atoms with Crippen molar-refractivity contribution in [3.8, 4) is 11.6 Å². The molecule has 0 amide bonds. The minimum atomic E-state index is -4.27. The number of hydrogen-bond donors (Lipinski definition) is 0. The van der Waals surface area contributed by atoms with Gasteiger partial charge in [-0.2, -0.15) is 13.2 Å². The Labute approximate surface area is 160 Å². The van der Waals surface area contributed by atoms with E-state index in [0.29, 0.717) is 19.2 Å². The SMILES string of the molecule is CN(C)COCc1ccc(Oc2ccc(C3(C(F)(F)F)CC3)cc2Cl)nc1. The number of rotatable bonds is 7. The molecule has 1 heterocycles. The average Bonchev–Trinajstić information content (AvgIpc) is 3.39. The van der Waals surface area contributed by atoms with Crippen LogP contribution in [0.4, 0.5) is 13.2 Å². The number of benzene rings is 1. The standard InChI is InChI=1S/C19H20ClF3N2O2/c1-25(2)12-26-11-13-3-6-17(24-10-13)27-16-5-4-14(9-15(16)20)18(7-8-18)19(21,22)23/h3-6,9-10H,7-8,11-12H2,1-2H3. The summed E-state index contributed by atoms with van der Waals surface area (Å²) in [6.45, 7) is 0.917. The number of nitrogens with zero attached hydrogens (tertiary/aromatic N) is 2. The quantitative estimate of drug-likeness (QED) is 0.601. The van der Waals surface area contributed by atoms with Crippen molar-refractivity contribution in [2.45, 2.75) is 31.0 Å². The van der Waals surface area contributed by atoms with E-state index in [9.17, 15) is 13.2 Å². The molecule has 0 N–H and O–H groups in total. The molecule has 1 aliphatic carbocycles. The first kappa shape index (κ1) is 19.9. The fraction of sp³-hybridized carbons (Fsp3) is 0.421. The third-order valence-electron chi connectivity index (χ3n) is 4.41. The topological polar surface area (TPSA) is 34.6 Å². The predicted molar refractivity (Wildman–Crippen MR) is 96.1 cm³/mol. The lowest BCUT2D eigenvalue weighted by atomic mass is 9.95. The number of pyridine rings is 1. The van der Waals surface area contributed by atoms with Crippen LogP contribution in [0.15, 0.2) is 36.5 Å². The fourth-order valence-corrected chi connectivity index (χ4v) is 2.98. The maximum absolute atomic E-state index is 13.2. The third kappa shape index (κ3) is 4.54. The van der Waals surface area contributed by atoms with Gasteiger partial charge in [-0.3, -0.25) is 4.90 Å². The van der Waals surface area contributed by atoms with Crippen LogP contribution in [0, 0.1) is 0 Å². The van der Waals surface area contributed by atoms with Crippen LogP contribution in [-0.2, 0) is 16.8 Å². The molecule has 1 aromatic heterocycles. The average molecular weight is 401 g/mol. The molecule has 1 aromatic carbocycles. The first-order chi connectivity index (χ1) is 12.7. The molecule has 27 heavy (non-hydrogen) atoms. The molecule has 0 atom stereocenters. The van der Waals surface area contributed by atoms with Crippen molar-refractivity contribution >= 4 is 11.6 Å². The van der Waals surface area contributed by atoms with Crippen LogP contribution in [0.5, 0.6) is 11.6 Å². The second-order valence-electron chi connectivity index (χ2n) is 6.89. The van der Waals surface area contributed by atoms with E-state index in [2.05, 4.69) is 4.98 Å². The second-order valence-corrected chi connectivity index (χ2v) is 7.30. The summed E-state index contributed by atoms with van der Waals surface area (Å²) < 4.78 is 50.8. The van der Waals surface area contributed by atoms with E-state index in [4.69, 9.17) is 21.1 Å². The summed E-state index contributed by atoms with van der Waals surface area (Å²) in [6, 6.07) is 7.69. The molecule has 1 fully saturated rings. The number of aromatic nitrogens is 1. The van der Waals surface area contributed by atoms with Crippen LogP contribution in [0.3, 0.4) is 0 Å². The lowest BCUT2D eigenvalue weighted by Gasteiger charge is -2.20. The Hall–Kier alpha value is -1.83. The van der Waals surface area contributed by atoms with Crippen molar-refractivity contribution in [1.82, 2.24) is 9.88 Å². The third-order valence-corrected chi connectivity index (χ3v) is 4.70. The highest BCUT2D eigenvalue weighted by Gasteiger charge is 2.64. The molecule has 1 aliphatic rings. The molecule has 146 valence electrons. The van der Waals surface area contributed by atoms with Crippen molar-refractivity contribution in [2.24, 2.45) is 0 Å². The maximum atomic E-state index is 13.2. The van der Waals surface area contributed by atoms with E-state index >= 15 is 0 Å².